The Hall–Kier alpha value is -6.94. The van der Waals surface area contributed by atoms with E-state index in [1.807, 2.05) is 11.3 Å². The van der Waals surface area contributed by atoms with Gasteiger partial charge in [0, 0.05) is 58.8 Å². The summed E-state index contributed by atoms with van der Waals surface area (Å²) in [6.07, 6.45) is 0. The van der Waals surface area contributed by atoms with Gasteiger partial charge < -0.3 is 9.47 Å². The first kappa shape index (κ1) is 31.6. The number of nitrogens with zero attached hydrogens (tertiary/aromatic N) is 2. The topological polar surface area (TPSA) is 8.17 Å². The second kappa shape index (κ2) is 12.9. The molecule has 0 saturated carbocycles. The van der Waals surface area contributed by atoms with Crippen LogP contribution in [0.3, 0.4) is 0 Å². The van der Waals surface area contributed by atoms with E-state index < -0.39 is 0 Å². The van der Waals surface area contributed by atoms with Crippen molar-refractivity contribution < 1.29 is 0 Å². The maximum absolute atomic E-state index is 2.45. The minimum Gasteiger partial charge on any atom is -0.310 e. The molecule has 0 atom stereocenters. The van der Waals surface area contributed by atoms with Gasteiger partial charge in [-0.25, -0.2) is 0 Å². The first-order valence-electron chi connectivity index (χ1n) is 18.8. The first-order valence-corrected chi connectivity index (χ1v) is 19.6. The zero-order valence-corrected chi connectivity index (χ0v) is 30.7. The van der Waals surface area contributed by atoms with Crippen molar-refractivity contribution in [2.75, 3.05) is 4.90 Å². The Morgan fingerprint density at radius 3 is 1.65 bits per heavy atom. The van der Waals surface area contributed by atoms with E-state index in [0.29, 0.717) is 0 Å². The molecule has 0 spiro atoms. The third-order valence-corrected chi connectivity index (χ3v) is 12.2. The molecular weight excluding hydrogens is 685 g/mol. The summed E-state index contributed by atoms with van der Waals surface area (Å²) < 4.78 is 5.03. The van der Waals surface area contributed by atoms with Gasteiger partial charge in [-0.05, 0) is 82.9 Å². The Labute approximate surface area is 323 Å². The van der Waals surface area contributed by atoms with Crippen molar-refractivity contribution in [3.05, 3.63) is 206 Å². The van der Waals surface area contributed by atoms with Crippen LogP contribution in [0.25, 0.3) is 80.7 Å². The predicted octanol–water partition coefficient (Wildman–Crippen LogP) is 15.1. The SMILES string of the molecule is c1ccc(-c2ccc(N(c3cccc(-c4cccc(-n5c6ccccc6c6ccccc65)c4)c3)c3cc4c5ccccc5sc4c4ccccc34)cc2)cc1. The molecule has 3 heteroatoms. The molecule has 0 aliphatic rings. The molecule has 0 N–H and O–H groups in total. The molecule has 0 radical (unpaired) electrons. The summed E-state index contributed by atoms with van der Waals surface area (Å²) in [6.45, 7) is 0. The lowest BCUT2D eigenvalue weighted by Gasteiger charge is -2.28. The molecule has 2 aromatic heterocycles. The molecule has 2 heterocycles. The van der Waals surface area contributed by atoms with Crippen molar-refractivity contribution >= 4 is 81.1 Å². The fourth-order valence-electron chi connectivity index (χ4n) is 8.42. The molecule has 0 saturated heterocycles. The summed E-state index contributed by atoms with van der Waals surface area (Å²) in [5.74, 6) is 0. The normalized spacial score (nSPS) is 11.6. The van der Waals surface area contributed by atoms with E-state index in [9.17, 15) is 0 Å². The molecular formula is C52H34N2S. The number of anilines is 3. The van der Waals surface area contributed by atoms with Crippen LogP contribution in [-0.4, -0.2) is 4.57 Å². The summed E-state index contributed by atoms with van der Waals surface area (Å²) in [5, 5.41) is 7.62. The maximum Gasteiger partial charge on any atom is 0.0547 e. The summed E-state index contributed by atoms with van der Waals surface area (Å²) in [6, 6.07) is 75.2. The van der Waals surface area contributed by atoms with Gasteiger partial charge in [0.05, 0.1) is 16.7 Å². The van der Waals surface area contributed by atoms with Gasteiger partial charge >= 0.3 is 0 Å². The van der Waals surface area contributed by atoms with Gasteiger partial charge in [-0.3, -0.25) is 0 Å². The Bertz CT molecular complexity index is 3150. The highest BCUT2D eigenvalue weighted by molar-refractivity contribution is 7.26. The van der Waals surface area contributed by atoms with Gasteiger partial charge in [0.2, 0.25) is 0 Å². The summed E-state index contributed by atoms with van der Waals surface area (Å²) in [4.78, 5) is 2.45. The second-order valence-electron chi connectivity index (χ2n) is 14.1. The fourth-order valence-corrected chi connectivity index (χ4v) is 9.64. The highest BCUT2D eigenvalue weighted by Gasteiger charge is 2.20. The molecule has 11 rings (SSSR count). The average molecular weight is 719 g/mol. The molecule has 55 heavy (non-hydrogen) atoms. The monoisotopic (exact) mass is 718 g/mol. The van der Waals surface area contributed by atoms with Crippen molar-refractivity contribution in [2.24, 2.45) is 0 Å². The Morgan fingerprint density at radius 2 is 0.909 bits per heavy atom. The lowest BCUT2D eigenvalue weighted by molar-refractivity contribution is 1.18. The standard InChI is InChI=1S/C52H34N2S/c1-2-14-35(15-3-1)36-28-30-39(31-29-36)53(50-34-47-45-23-8-11-27-51(45)55-52(47)46-24-5-4-22-44(46)50)40-18-12-16-37(32-40)38-17-13-19-41(33-38)54-48-25-9-6-20-42(48)43-21-7-10-26-49(43)54/h1-34H. The predicted molar refractivity (Wildman–Crippen MR) is 237 cm³/mol. The zero-order chi connectivity index (χ0) is 36.3. The van der Waals surface area contributed by atoms with Gasteiger partial charge in [-0.1, -0.05) is 146 Å². The number of aromatic nitrogens is 1. The molecule has 2 nitrogen and oxygen atoms in total. The van der Waals surface area contributed by atoms with Gasteiger partial charge in [-0.15, -0.1) is 11.3 Å². The minimum atomic E-state index is 1.11. The highest BCUT2D eigenvalue weighted by atomic mass is 32.1. The van der Waals surface area contributed by atoms with Crippen LogP contribution in [0.1, 0.15) is 0 Å². The van der Waals surface area contributed by atoms with Crippen LogP contribution < -0.4 is 4.90 Å². The van der Waals surface area contributed by atoms with Crippen LogP contribution >= 0.6 is 11.3 Å². The number of fused-ring (bicyclic) bond motifs is 8. The molecule has 9 aromatic carbocycles. The van der Waals surface area contributed by atoms with Crippen LogP contribution in [0, 0.1) is 0 Å². The number of thiophene rings is 1. The van der Waals surface area contributed by atoms with Gasteiger partial charge in [0.15, 0.2) is 0 Å². The Morgan fingerprint density at radius 1 is 0.345 bits per heavy atom. The van der Waals surface area contributed by atoms with Gasteiger partial charge in [-0.2, -0.15) is 0 Å². The Kier molecular flexibility index (Phi) is 7.39. The van der Waals surface area contributed by atoms with E-state index in [0.717, 1.165) is 28.3 Å². The molecule has 258 valence electrons. The molecule has 0 fully saturated rings. The van der Waals surface area contributed by atoms with E-state index in [2.05, 4.69) is 216 Å². The number of hydrogen-bond donors (Lipinski definition) is 0. The molecule has 0 aliphatic carbocycles. The minimum absolute atomic E-state index is 1.11. The number of para-hydroxylation sites is 2. The van der Waals surface area contributed by atoms with Crippen LogP contribution in [-0.2, 0) is 0 Å². The number of rotatable bonds is 6. The molecule has 11 aromatic rings. The quantitative estimate of drug-likeness (QED) is 0.166. The maximum atomic E-state index is 2.45. The van der Waals surface area contributed by atoms with Crippen LogP contribution in [0.15, 0.2) is 206 Å². The lowest BCUT2D eigenvalue weighted by Crippen LogP contribution is -2.10. The van der Waals surface area contributed by atoms with E-state index >= 15 is 0 Å². The summed E-state index contributed by atoms with van der Waals surface area (Å²) in [5.41, 5.74) is 11.7. The summed E-state index contributed by atoms with van der Waals surface area (Å²) in [7, 11) is 0. The fraction of sp³-hybridized carbons (Fsp3) is 0. The van der Waals surface area contributed by atoms with Crippen LogP contribution in [0.2, 0.25) is 0 Å². The van der Waals surface area contributed by atoms with E-state index in [-0.39, 0.29) is 0 Å². The smallest absolute Gasteiger partial charge is 0.0547 e. The summed E-state index contributed by atoms with van der Waals surface area (Å²) >= 11 is 1.88. The average Bonchev–Trinajstić information content (AvgIpc) is 3.81. The lowest BCUT2D eigenvalue weighted by atomic mass is 10.00. The van der Waals surface area contributed by atoms with Crippen molar-refractivity contribution in [1.29, 1.82) is 0 Å². The molecule has 0 amide bonds. The molecule has 0 aliphatic heterocycles. The Balaban J connectivity index is 1.11. The van der Waals surface area contributed by atoms with Crippen molar-refractivity contribution in [2.45, 2.75) is 0 Å². The first-order chi connectivity index (χ1) is 27.3. The molecule has 0 unspecified atom stereocenters. The number of hydrogen-bond acceptors (Lipinski definition) is 2. The highest BCUT2D eigenvalue weighted by Crippen LogP contribution is 2.47. The third kappa shape index (κ3) is 5.24. The zero-order valence-electron chi connectivity index (χ0n) is 29.9. The number of benzene rings is 9. The van der Waals surface area contributed by atoms with E-state index in [4.69, 9.17) is 0 Å². The largest absolute Gasteiger partial charge is 0.310 e. The van der Waals surface area contributed by atoms with Crippen molar-refractivity contribution in [3.63, 3.8) is 0 Å². The van der Waals surface area contributed by atoms with Crippen LogP contribution in [0.5, 0.6) is 0 Å². The van der Waals surface area contributed by atoms with E-state index in [1.165, 1.54) is 69.4 Å². The van der Waals surface area contributed by atoms with Crippen molar-refractivity contribution in [1.82, 2.24) is 4.57 Å². The van der Waals surface area contributed by atoms with Crippen molar-refractivity contribution in [3.8, 4) is 27.9 Å². The van der Waals surface area contributed by atoms with E-state index in [1.54, 1.807) is 0 Å². The van der Waals surface area contributed by atoms with Gasteiger partial charge in [0.1, 0.15) is 0 Å². The molecule has 0 bridgehead atoms. The van der Waals surface area contributed by atoms with Crippen LogP contribution in [0.4, 0.5) is 17.1 Å². The van der Waals surface area contributed by atoms with Gasteiger partial charge in [0.25, 0.3) is 0 Å². The second-order valence-corrected chi connectivity index (χ2v) is 15.2. The third-order valence-electron chi connectivity index (χ3n) is 11.0.